The number of hydrogen-bond acceptors (Lipinski definition) is 8. The van der Waals surface area contributed by atoms with Crippen molar-refractivity contribution in [3.8, 4) is 0 Å². The average molecular weight is 610 g/mol. The topological polar surface area (TPSA) is 116 Å². The Balaban J connectivity index is 1.78. The van der Waals surface area contributed by atoms with Gasteiger partial charge in [0.1, 0.15) is 0 Å². The first-order chi connectivity index (χ1) is 18.0. The Labute approximate surface area is 231 Å². The van der Waals surface area contributed by atoms with E-state index >= 15 is 0 Å². The van der Waals surface area contributed by atoms with Gasteiger partial charge in [-0.15, -0.1) is 0 Å². The summed E-state index contributed by atoms with van der Waals surface area (Å²) in [6.45, 7) is 0.744. The van der Waals surface area contributed by atoms with Crippen LogP contribution in [-0.2, 0) is 35.9 Å². The molecule has 1 aromatic rings. The molecule has 2 N–H and O–H groups in total. The molecule has 2 aliphatic heterocycles. The van der Waals surface area contributed by atoms with Crippen molar-refractivity contribution in [3.05, 3.63) is 58.5 Å². The molecule has 0 spiro atoms. The number of alkyl halides is 3. The van der Waals surface area contributed by atoms with Gasteiger partial charge in [-0.25, -0.2) is 16.8 Å². The number of benzene rings is 1. The van der Waals surface area contributed by atoms with E-state index in [0.29, 0.717) is 18.9 Å². The highest BCUT2D eigenvalue weighted by molar-refractivity contribution is 7.96. The predicted molar refractivity (Wildman–Crippen MR) is 143 cm³/mol. The first-order valence-corrected chi connectivity index (χ1v) is 15.8. The van der Waals surface area contributed by atoms with Crippen LogP contribution in [0.4, 0.5) is 13.2 Å². The van der Waals surface area contributed by atoms with Gasteiger partial charge in [0.15, 0.2) is 5.60 Å². The summed E-state index contributed by atoms with van der Waals surface area (Å²) in [5.41, 5.74) is -4.50. The zero-order valence-corrected chi connectivity index (χ0v) is 23.8. The van der Waals surface area contributed by atoms with E-state index in [-0.39, 0.29) is 49.2 Å². The monoisotopic (exact) mass is 609 g/mol. The zero-order chi connectivity index (χ0) is 28.9. The van der Waals surface area contributed by atoms with Gasteiger partial charge in [-0.2, -0.15) is 21.8 Å². The molecule has 1 aromatic carbocycles. The second kappa shape index (κ2) is 10.6. The van der Waals surface area contributed by atoms with Gasteiger partial charge in [0.2, 0.25) is 20.0 Å². The minimum Gasteiger partial charge on any atom is -0.378 e. The second-order valence-electron chi connectivity index (χ2n) is 10.1. The molecule has 15 heteroatoms. The summed E-state index contributed by atoms with van der Waals surface area (Å²) in [7, 11) is -7.85. The van der Waals surface area contributed by atoms with Gasteiger partial charge in [0.05, 0.1) is 36.0 Å². The maximum absolute atomic E-state index is 13.6. The number of allylic oxidation sites excluding steroid dienone is 4. The third kappa shape index (κ3) is 5.86. The molecule has 0 amide bonds. The van der Waals surface area contributed by atoms with Crippen LogP contribution < -0.4 is 5.32 Å². The van der Waals surface area contributed by atoms with Gasteiger partial charge in [-0.1, -0.05) is 48.6 Å². The van der Waals surface area contributed by atoms with E-state index in [2.05, 4.69) is 5.32 Å². The molecular weight excluding hydrogens is 579 g/mol. The highest BCUT2D eigenvalue weighted by atomic mass is 32.2. The Hall–Kier alpha value is -1.72. The summed E-state index contributed by atoms with van der Waals surface area (Å²) in [6, 6.07) is 4.45. The average Bonchev–Trinajstić information content (AvgIpc) is 2.81. The molecule has 0 aromatic heterocycles. The van der Waals surface area contributed by atoms with Crippen molar-refractivity contribution in [2.45, 2.75) is 36.7 Å². The van der Waals surface area contributed by atoms with Crippen LogP contribution in [-0.4, -0.2) is 93.3 Å². The van der Waals surface area contributed by atoms with Gasteiger partial charge in [-0.05, 0) is 24.1 Å². The number of hydrogen-bond donors (Lipinski definition) is 2. The lowest BCUT2D eigenvalue weighted by atomic mass is 9.85. The first-order valence-electron chi connectivity index (χ1n) is 12.1. The number of aliphatic hydroxyl groups is 1. The lowest BCUT2D eigenvalue weighted by Gasteiger charge is -2.48. The maximum atomic E-state index is 13.6. The Bertz CT molecular complexity index is 1390. The van der Waals surface area contributed by atoms with Crippen molar-refractivity contribution in [2.75, 3.05) is 45.6 Å². The first kappa shape index (κ1) is 30.2. The normalized spacial score (nSPS) is 25.3. The fourth-order valence-corrected chi connectivity index (χ4v) is 8.01. The SMILES string of the molecule is CC(O)(c1ccc([C@]2(CN(C3COC3)S(C)(=O)=O)CN(S(=O)(=O)C3=CC=CCC3=S)CCN2)cc1)C(F)(F)F. The summed E-state index contributed by atoms with van der Waals surface area (Å²) in [6.07, 6.45) is 1.17. The van der Waals surface area contributed by atoms with Crippen LogP contribution in [0.1, 0.15) is 24.5 Å². The number of nitrogens with zero attached hydrogens (tertiary/aromatic N) is 2. The number of thiocarbonyl (C=S) groups is 1. The van der Waals surface area contributed by atoms with E-state index in [0.717, 1.165) is 18.4 Å². The highest BCUT2D eigenvalue weighted by Gasteiger charge is 2.52. The van der Waals surface area contributed by atoms with E-state index in [1.807, 2.05) is 0 Å². The van der Waals surface area contributed by atoms with E-state index in [1.165, 1.54) is 26.8 Å². The molecule has 1 aliphatic carbocycles. The fourth-order valence-electron chi connectivity index (χ4n) is 4.79. The molecule has 216 valence electrons. The lowest BCUT2D eigenvalue weighted by Crippen LogP contribution is -2.66. The standard InChI is InChI=1S/C24H30F3N3O6S3/c1-22(31,24(25,26)27)17-7-9-18(10-8-17)23(16-30(38(2,32)33)19-13-36-14-19)15-29(12-11-28-23)39(34,35)21-6-4-3-5-20(21)37/h3-4,6-10,19,28,31H,5,11-16H2,1-2H3/t22?,23-/m1/s1. The second-order valence-corrected chi connectivity index (χ2v) is 14.4. The number of nitrogens with one attached hydrogen (secondary N) is 1. The molecule has 4 rings (SSSR count). The third-order valence-electron chi connectivity index (χ3n) is 7.28. The lowest BCUT2D eigenvalue weighted by molar-refractivity contribution is -0.258. The Kier molecular flexibility index (Phi) is 8.22. The van der Waals surface area contributed by atoms with Gasteiger partial charge in [0.25, 0.3) is 0 Å². The molecule has 2 fully saturated rings. The van der Waals surface area contributed by atoms with E-state index in [1.54, 1.807) is 12.2 Å². The zero-order valence-electron chi connectivity index (χ0n) is 21.3. The number of piperazine rings is 1. The van der Waals surface area contributed by atoms with Gasteiger partial charge in [0, 0.05) is 37.5 Å². The molecule has 9 nitrogen and oxygen atoms in total. The van der Waals surface area contributed by atoms with Gasteiger partial charge >= 0.3 is 6.18 Å². The van der Waals surface area contributed by atoms with Crippen LogP contribution in [0.25, 0.3) is 0 Å². The van der Waals surface area contributed by atoms with Crippen LogP contribution in [0.5, 0.6) is 0 Å². The molecule has 39 heavy (non-hydrogen) atoms. The van der Waals surface area contributed by atoms with E-state index < -0.39 is 49.0 Å². The summed E-state index contributed by atoms with van der Waals surface area (Å²) in [4.78, 5) is 0.240. The fraction of sp³-hybridized carbons (Fsp3) is 0.542. The van der Waals surface area contributed by atoms with Crippen molar-refractivity contribution < 1.29 is 39.9 Å². The number of rotatable bonds is 8. The Morgan fingerprint density at radius 3 is 2.36 bits per heavy atom. The number of sulfonamides is 2. The Morgan fingerprint density at radius 1 is 1.21 bits per heavy atom. The van der Waals surface area contributed by atoms with Crippen molar-refractivity contribution in [2.24, 2.45) is 0 Å². The van der Waals surface area contributed by atoms with Crippen molar-refractivity contribution >= 4 is 37.1 Å². The molecule has 2 heterocycles. The molecule has 3 aliphatic rings. The van der Waals surface area contributed by atoms with Gasteiger partial charge in [-0.3, -0.25) is 0 Å². The van der Waals surface area contributed by atoms with Crippen LogP contribution in [0.3, 0.4) is 0 Å². The summed E-state index contributed by atoms with van der Waals surface area (Å²) in [5, 5.41) is 13.4. The largest absolute Gasteiger partial charge is 0.421 e. The molecule has 1 unspecified atom stereocenters. The Morgan fingerprint density at radius 2 is 1.85 bits per heavy atom. The maximum Gasteiger partial charge on any atom is 0.421 e. The summed E-state index contributed by atoms with van der Waals surface area (Å²) >= 11 is 5.29. The molecule has 0 saturated carbocycles. The quantitative estimate of drug-likeness (QED) is 0.429. The molecule has 2 atom stereocenters. The summed E-state index contributed by atoms with van der Waals surface area (Å²) < 4.78 is 101. The number of halogens is 3. The van der Waals surface area contributed by atoms with Crippen molar-refractivity contribution in [1.82, 2.24) is 13.9 Å². The van der Waals surface area contributed by atoms with Crippen LogP contribution >= 0.6 is 12.2 Å². The highest BCUT2D eigenvalue weighted by Crippen LogP contribution is 2.40. The van der Waals surface area contributed by atoms with Crippen molar-refractivity contribution in [1.29, 1.82) is 0 Å². The third-order valence-corrected chi connectivity index (χ3v) is 11.0. The van der Waals surface area contributed by atoms with Crippen LogP contribution in [0.15, 0.2) is 47.4 Å². The smallest absolute Gasteiger partial charge is 0.378 e. The van der Waals surface area contributed by atoms with Crippen LogP contribution in [0.2, 0.25) is 0 Å². The van der Waals surface area contributed by atoms with Crippen molar-refractivity contribution in [3.63, 3.8) is 0 Å². The number of ether oxygens (including phenoxy) is 1. The molecule has 0 bridgehead atoms. The minimum absolute atomic E-state index is 0.0141. The predicted octanol–water partition coefficient (Wildman–Crippen LogP) is 1.76. The minimum atomic E-state index is -4.93. The summed E-state index contributed by atoms with van der Waals surface area (Å²) in [5.74, 6) is 0. The van der Waals surface area contributed by atoms with Gasteiger partial charge < -0.3 is 15.2 Å². The van der Waals surface area contributed by atoms with E-state index in [4.69, 9.17) is 17.0 Å². The molecule has 0 radical (unpaired) electrons. The van der Waals surface area contributed by atoms with E-state index in [9.17, 15) is 35.1 Å². The van der Waals surface area contributed by atoms with Crippen LogP contribution in [0, 0.1) is 0 Å². The molecular formula is C24H30F3N3O6S3. The molecule has 2 saturated heterocycles.